The van der Waals surface area contributed by atoms with Gasteiger partial charge in [0.15, 0.2) is 0 Å². The number of benzene rings is 1. The Labute approximate surface area is 102 Å². The molecule has 0 aromatic heterocycles. The molecule has 1 unspecified atom stereocenters. The third-order valence-electron chi connectivity index (χ3n) is 2.39. The number of hydrogen-bond acceptors (Lipinski definition) is 2. The average Bonchev–Trinajstić information content (AvgIpc) is 2.19. The van der Waals surface area contributed by atoms with Gasteiger partial charge in [0.05, 0.1) is 17.7 Å². The maximum Gasteiger partial charge on any atom is 0.137 e. The van der Waals surface area contributed by atoms with E-state index in [0.717, 1.165) is 12.0 Å². The number of aliphatic hydroxyl groups is 1. The van der Waals surface area contributed by atoms with Crippen molar-refractivity contribution in [3.8, 4) is 5.75 Å². The minimum atomic E-state index is -0.498. The fourth-order valence-corrected chi connectivity index (χ4v) is 1.54. The van der Waals surface area contributed by atoms with Gasteiger partial charge in [-0.3, -0.25) is 0 Å². The Kier molecular flexibility index (Phi) is 5.10. The van der Waals surface area contributed by atoms with Gasteiger partial charge in [-0.1, -0.05) is 31.5 Å². The number of ether oxygens (including phenoxy) is 1. The molecule has 0 fully saturated rings. The van der Waals surface area contributed by atoms with Crippen LogP contribution in [0.25, 0.3) is 0 Å². The van der Waals surface area contributed by atoms with Crippen LogP contribution in [0.15, 0.2) is 18.2 Å². The van der Waals surface area contributed by atoms with E-state index in [2.05, 4.69) is 13.8 Å². The van der Waals surface area contributed by atoms with E-state index in [-0.39, 0.29) is 0 Å². The summed E-state index contributed by atoms with van der Waals surface area (Å²) in [5.74, 6) is 1.31. The summed E-state index contributed by atoms with van der Waals surface area (Å²) >= 11 is 6.05. The van der Waals surface area contributed by atoms with Crippen LogP contribution < -0.4 is 4.74 Å². The van der Waals surface area contributed by atoms with Crippen molar-refractivity contribution in [1.29, 1.82) is 0 Å². The number of halogens is 1. The van der Waals surface area contributed by atoms with E-state index in [1.807, 2.05) is 12.1 Å². The van der Waals surface area contributed by atoms with Crippen LogP contribution in [0.1, 0.15) is 38.9 Å². The van der Waals surface area contributed by atoms with Gasteiger partial charge in [-0.25, -0.2) is 0 Å². The molecular formula is C13H19ClO2. The van der Waals surface area contributed by atoms with Crippen molar-refractivity contribution in [2.45, 2.75) is 33.3 Å². The molecule has 2 nitrogen and oxygen atoms in total. The van der Waals surface area contributed by atoms with Crippen molar-refractivity contribution in [1.82, 2.24) is 0 Å². The Morgan fingerprint density at radius 1 is 1.31 bits per heavy atom. The number of rotatable bonds is 5. The standard InChI is InChI=1S/C13H19ClO2/c1-9(2)6-7-16-13-5-4-11(10(3)15)8-12(13)14/h4-5,8-10,15H,6-7H2,1-3H3. The van der Waals surface area contributed by atoms with Gasteiger partial charge in [0, 0.05) is 0 Å². The molecule has 0 bridgehead atoms. The van der Waals surface area contributed by atoms with E-state index in [4.69, 9.17) is 16.3 Å². The summed E-state index contributed by atoms with van der Waals surface area (Å²) < 4.78 is 5.57. The Morgan fingerprint density at radius 3 is 2.50 bits per heavy atom. The molecular weight excluding hydrogens is 224 g/mol. The molecule has 0 amide bonds. The number of hydrogen-bond donors (Lipinski definition) is 1. The first-order valence-corrected chi connectivity index (χ1v) is 5.98. The van der Waals surface area contributed by atoms with E-state index in [1.54, 1.807) is 13.0 Å². The molecule has 0 saturated heterocycles. The van der Waals surface area contributed by atoms with Crippen molar-refractivity contribution in [3.63, 3.8) is 0 Å². The summed E-state index contributed by atoms with van der Waals surface area (Å²) in [6.45, 7) is 6.69. The SMILES string of the molecule is CC(C)CCOc1ccc(C(C)O)cc1Cl. The smallest absolute Gasteiger partial charge is 0.137 e. The van der Waals surface area contributed by atoms with E-state index in [1.165, 1.54) is 0 Å². The summed E-state index contributed by atoms with van der Waals surface area (Å²) in [7, 11) is 0. The highest BCUT2D eigenvalue weighted by Crippen LogP contribution is 2.28. The molecule has 1 aromatic rings. The molecule has 0 aliphatic carbocycles. The lowest BCUT2D eigenvalue weighted by molar-refractivity contribution is 0.199. The second kappa shape index (κ2) is 6.12. The molecule has 0 radical (unpaired) electrons. The fraction of sp³-hybridized carbons (Fsp3) is 0.538. The molecule has 1 rings (SSSR count). The van der Waals surface area contributed by atoms with Gasteiger partial charge in [0.25, 0.3) is 0 Å². The molecule has 0 heterocycles. The van der Waals surface area contributed by atoms with Gasteiger partial charge >= 0.3 is 0 Å². The van der Waals surface area contributed by atoms with Crippen LogP contribution >= 0.6 is 11.6 Å². The van der Waals surface area contributed by atoms with E-state index >= 15 is 0 Å². The highest BCUT2D eigenvalue weighted by atomic mass is 35.5. The lowest BCUT2D eigenvalue weighted by atomic mass is 10.1. The maximum atomic E-state index is 9.39. The third kappa shape index (κ3) is 4.03. The topological polar surface area (TPSA) is 29.5 Å². The highest BCUT2D eigenvalue weighted by Gasteiger charge is 2.06. The van der Waals surface area contributed by atoms with Crippen molar-refractivity contribution < 1.29 is 9.84 Å². The normalized spacial score (nSPS) is 12.9. The van der Waals surface area contributed by atoms with Crippen LogP contribution in [0, 0.1) is 5.92 Å². The van der Waals surface area contributed by atoms with Crippen LogP contribution in [-0.2, 0) is 0 Å². The summed E-state index contributed by atoms with van der Waals surface area (Å²) in [5.41, 5.74) is 0.807. The Morgan fingerprint density at radius 2 is 2.00 bits per heavy atom. The molecule has 3 heteroatoms. The predicted molar refractivity (Wildman–Crippen MR) is 67.0 cm³/mol. The van der Waals surface area contributed by atoms with Gasteiger partial charge in [-0.2, -0.15) is 0 Å². The number of aliphatic hydroxyl groups excluding tert-OH is 1. The van der Waals surface area contributed by atoms with Crippen LogP contribution in [0.4, 0.5) is 0 Å². The largest absolute Gasteiger partial charge is 0.492 e. The minimum Gasteiger partial charge on any atom is -0.492 e. The second-order valence-electron chi connectivity index (χ2n) is 4.40. The summed E-state index contributed by atoms with van der Waals surface area (Å²) in [5, 5.41) is 9.95. The van der Waals surface area contributed by atoms with Gasteiger partial charge in [0.2, 0.25) is 0 Å². The zero-order chi connectivity index (χ0) is 12.1. The third-order valence-corrected chi connectivity index (χ3v) is 2.69. The molecule has 16 heavy (non-hydrogen) atoms. The van der Waals surface area contributed by atoms with E-state index in [9.17, 15) is 5.11 Å². The fourth-order valence-electron chi connectivity index (χ4n) is 1.30. The molecule has 1 N–H and O–H groups in total. The van der Waals surface area contributed by atoms with Crippen molar-refractivity contribution >= 4 is 11.6 Å². The van der Waals surface area contributed by atoms with Gasteiger partial charge in [-0.05, 0) is 37.0 Å². The minimum absolute atomic E-state index is 0.498. The zero-order valence-electron chi connectivity index (χ0n) is 10.0. The Balaban J connectivity index is 2.61. The maximum absolute atomic E-state index is 9.39. The quantitative estimate of drug-likeness (QED) is 0.851. The van der Waals surface area contributed by atoms with Gasteiger partial charge in [0.1, 0.15) is 5.75 Å². The molecule has 90 valence electrons. The first-order valence-electron chi connectivity index (χ1n) is 5.61. The van der Waals surface area contributed by atoms with Crippen LogP contribution in [-0.4, -0.2) is 11.7 Å². The van der Waals surface area contributed by atoms with E-state index in [0.29, 0.717) is 23.3 Å². The highest BCUT2D eigenvalue weighted by molar-refractivity contribution is 6.32. The van der Waals surface area contributed by atoms with Crippen LogP contribution in [0.3, 0.4) is 0 Å². The van der Waals surface area contributed by atoms with Crippen LogP contribution in [0.2, 0.25) is 5.02 Å². The Bertz CT molecular complexity index is 335. The summed E-state index contributed by atoms with van der Waals surface area (Å²) in [6, 6.07) is 5.39. The lowest BCUT2D eigenvalue weighted by Gasteiger charge is -2.11. The summed E-state index contributed by atoms with van der Waals surface area (Å²) in [4.78, 5) is 0. The molecule has 1 aromatic carbocycles. The monoisotopic (exact) mass is 242 g/mol. The van der Waals surface area contributed by atoms with Crippen molar-refractivity contribution in [2.24, 2.45) is 5.92 Å². The van der Waals surface area contributed by atoms with Gasteiger partial charge < -0.3 is 9.84 Å². The second-order valence-corrected chi connectivity index (χ2v) is 4.80. The first kappa shape index (κ1) is 13.3. The van der Waals surface area contributed by atoms with Gasteiger partial charge in [-0.15, -0.1) is 0 Å². The predicted octanol–water partition coefficient (Wildman–Crippen LogP) is 3.82. The average molecular weight is 243 g/mol. The van der Waals surface area contributed by atoms with Crippen LogP contribution in [0.5, 0.6) is 5.75 Å². The van der Waals surface area contributed by atoms with E-state index < -0.39 is 6.10 Å². The summed E-state index contributed by atoms with van der Waals surface area (Å²) in [6.07, 6.45) is 0.510. The zero-order valence-corrected chi connectivity index (χ0v) is 10.8. The molecule has 0 aliphatic rings. The molecule has 0 saturated carbocycles. The molecule has 0 aliphatic heterocycles. The molecule has 1 atom stereocenters. The van der Waals surface area contributed by atoms with Crippen molar-refractivity contribution in [2.75, 3.05) is 6.61 Å². The first-order chi connectivity index (χ1) is 7.50. The molecule has 0 spiro atoms. The van der Waals surface area contributed by atoms with Crippen molar-refractivity contribution in [3.05, 3.63) is 28.8 Å². The lowest BCUT2D eigenvalue weighted by Crippen LogP contribution is -2.02. The Hall–Kier alpha value is -0.730.